The second kappa shape index (κ2) is 29.3. The quantitative estimate of drug-likeness (QED) is 0.0193. The summed E-state index contributed by atoms with van der Waals surface area (Å²) in [4.78, 5) is 142. The third-order valence-corrected chi connectivity index (χ3v) is 11.1. The molecule has 1 fully saturated rings. The lowest BCUT2D eigenvalue weighted by Crippen LogP contribution is -2.61. The Morgan fingerprint density at radius 3 is 1.99 bits per heavy atom. The normalized spacial score (nSPS) is 17.1. The number of likely N-dealkylation sites (tertiary alicyclic amines) is 1. The van der Waals surface area contributed by atoms with Crippen LogP contribution in [0.15, 0.2) is 17.5 Å². The topological polar surface area (TPSA) is 478 Å². The largest absolute Gasteiger partial charge is 0.481 e. The number of carboxylic acid groups (broad SMARTS) is 2. The number of aliphatic imine (C=N–C) groups is 1. The van der Waals surface area contributed by atoms with E-state index >= 15 is 0 Å². The van der Waals surface area contributed by atoms with Crippen molar-refractivity contribution >= 4 is 76.9 Å². The lowest BCUT2D eigenvalue weighted by atomic mass is 10.1. The molecule has 2 heterocycles. The second-order valence-corrected chi connectivity index (χ2v) is 16.9. The number of nitrogens with zero attached hydrogens (tertiary/aromatic N) is 3. The Labute approximate surface area is 399 Å². The molecule has 0 aliphatic carbocycles. The molecular weight excluding hydrogens is 937 g/mol. The maximum Gasteiger partial charge on any atom is 0.326 e. The van der Waals surface area contributed by atoms with E-state index in [0.29, 0.717) is 12.2 Å². The van der Waals surface area contributed by atoms with Gasteiger partial charge in [-0.05, 0) is 58.0 Å². The van der Waals surface area contributed by atoms with Gasteiger partial charge in [0.2, 0.25) is 47.3 Å². The number of thioether (sulfide) groups is 1. The van der Waals surface area contributed by atoms with Gasteiger partial charge in [0.15, 0.2) is 5.96 Å². The Morgan fingerprint density at radius 1 is 0.812 bits per heavy atom. The van der Waals surface area contributed by atoms with E-state index < -0.39 is 139 Å². The van der Waals surface area contributed by atoms with Gasteiger partial charge < -0.3 is 89.8 Å². The number of aliphatic carboxylic acids is 2. The van der Waals surface area contributed by atoms with E-state index in [0.717, 1.165) is 4.90 Å². The zero-order valence-electron chi connectivity index (χ0n) is 38.2. The molecule has 1 aliphatic rings. The lowest BCUT2D eigenvalue weighted by molar-refractivity contribution is -0.146. The van der Waals surface area contributed by atoms with E-state index in [1.54, 1.807) is 6.26 Å². The lowest BCUT2D eigenvalue weighted by Gasteiger charge is -2.31. The van der Waals surface area contributed by atoms with Crippen LogP contribution >= 0.6 is 11.8 Å². The Kier molecular flexibility index (Phi) is 24.8. The van der Waals surface area contributed by atoms with Crippen molar-refractivity contribution in [1.82, 2.24) is 52.1 Å². The smallest absolute Gasteiger partial charge is 0.326 e. The van der Waals surface area contributed by atoms with Gasteiger partial charge in [-0.3, -0.25) is 48.1 Å². The number of carbonyl (C=O) groups excluding carboxylic acids is 8. The fourth-order valence-corrected chi connectivity index (χ4v) is 7.12. The summed E-state index contributed by atoms with van der Waals surface area (Å²) in [6.45, 7) is 0.558. The molecule has 8 amide bonds. The summed E-state index contributed by atoms with van der Waals surface area (Å²) >= 11 is 1.38. The highest BCUT2D eigenvalue weighted by molar-refractivity contribution is 7.98. The van der Waals surface area contributed by atoms with Crippen LogP contribution in [-0.4, -0.2) is 204 Å². The number of carbonyl (C=O) groups is 10. The Balaban J connectivity index is 2.23. The number of aliphatic hydroxyl groups excluding tert-OH is 3. The van der Waals surface area contributed by atoms with Crippen LogP contribution in [0.4, 0.5) is 0 Å². The third-order valence-electron chi connectivity index (χ3n) is 10.4. The number of rotatable bonds is 30. The highest BCUT2D eigenvalue weighted by atomic mass is 32.2. The first-order valence-electron chi connectivity index (χ1n) is 21.6. The van der Waals surface area contributed by atoms with Crippen molar-refractivity contribution in [2.45, 2.75) is 119 Å². The molecule has 0 aromatic carbocycles. The van der Waals surface area contributed by atoms with Crippen molar-refractivity contribution in [3.05, 3.63) is 18.2 Å². The molecular formula is C39H64N14O15S. The van der Waals surface area contributed by atoms with Crippen molar-refractivity contribution < 1.29 is 73.5 Å². The monoisotopic (exact) mass is 1000 g/mol. The molecule has 0 saturated carbocycles. The van der Waals surface area contributed by atoms with Crippen LogP contribution in [0.2, 0.25) is 0 Å². The zero-order chi connectivity index (χ0) is 52.0. The summed E-state index contributed by atoms with van der Waals surface area (Å²) < 4.78 is 0. The van der Waals surface area contributed by atoms with Gasteiger partial charge in [0.1, 0.15) is 54.4 Å². The van der Waals surface area contributed by atoms with Crippen molar-refractivity contribution in [2.24, 2.45) is 22.2 Å². The van der Waals surface area contributed by atoms with E-state index in [4.69, 9.17) is 17.2 Å². The molecule has 1 saturated heterocycles. The molecule has 69 heavy (non-hydrogen) atoms. The van der Waals surface area contributed by atoms with Gasteiger partial charge in [-0.15, -0.1) is 0 Å². The van der Waals surface area contributed by atoms with Gasteiger partial charge in [-0.1, -0.05) is 0 Å². The molecule has 1 aliphatic heterocycles. The van der Waals surface area contributed by atoms with Gasteiger partial charge in [-0.2, -0.15) is 11.8 Å². The SMILES string of the molecule is CSCC[C@H](NC(=O)[C@@H]1CCCN1C(=O)[C@@H](NC(=O)[C@H](C)NC(=O)[C@H](CO)NC(=O)[C@H](Cc1cnc[nH]1)NC(=O)[C@H](CC(=O)O)NC(=O)[C@H](CCCN=C(N)N)NC(=O)[C@@H](N)CO)[C@@H](C)O)C(=O)O. The number of guanidine groups is 1. The molecule has 0 spiro atoms. The van der Waals surface area contributed by atoms with Gasteiger partial charge in [0.25, 0.3) is 0 Å². The van der Waals surface area contributed by atoms with Gasteiger partial charge in [0.05, 0.1) is 32.1 Å². The maximum absolute atomic E-state index is 13.7. The van der Waals surface area contributed by atoms with Crippen molar-refractivity contribution in [1.29, 1.82) is 0 Å². The molecule has 0 unspecified atom stereocenters. The van der Waals surface area contributed by atoms with Crippen molar-refractivity contribution in [3.8, 4) is 0 Å². The molecule has 29 nitrogen and oxygen atoms in total. The number of amides is 8. The Morgan fingerprint density at radius 2 is 1.42 bits per heavy atom. The summed E-state index contributed by atoms with van der Waals surface area (Å²) in [6.07, 6.45) is 1.93. The van der Waals surface area contributed by atoms with Crippen LogP contribution in [0, 0.1) is 0 Å². The summed E-state index contributed by atoms with van der Waals surface area (Å²) in [5.74, 6) is -10.8. The highest BCUT2D eigenvalue weighted by Gasteiger charge is 2.41. The van der Waals surface area contributed by atoms with Crippen LogP contribution in [-0.2, 0) is 54.4 Å². The summed E-state index contributed by atoms with van der Waals surface area (Å²) in [5, 5.41) is 65.3. The van der Waals surface area contributed by atoms with E-state index in [-0.39, 0.29) is 56.8 Å². The average molecular weight is 1000 g/mol. The zero-order valence-corrected chi connectivity index (χ0v) is 39.0. The predicted octanol–water partition coefficient (Wildman–Crippen LogP) is -7.58. The van der Waals surface area contributed by atoms with E-state index in [1.807, 2.05) is 0 Å². The summed E-state index contributed by atoms with van der Waals surface area (Å²) in [7, 11) is 0. The minimum absolute atomic E-state index is 0.00157. The number of H-pyrrole nitrogens is 1. The first-order valence-corrected chi connectivity index (χ1v) is 23.0. The number of hydrogen-bond acceptors (Lipinski definition) is 17. The van der Waals surface area contributed by atoms with Crippen LogP contribution in [0.25, 0.3) is 0 Å². The molecule has 10 atom stereocenters. The number of nitrogens with one attached hydrogen (secondary N) is 8. The van der Waals surface area contributed by atoms with E-state index in [2.05, 4.69) is 52.2 Å². The molecule has 19 N–H and O–H groups in total. The Bertz CT molecular complexity index is 1970. The van der Waals surface area contributed by atoms with Gasteiger partial charge >= 0.3 is 11.9 Å². The van der Waals surface area contributed by atoms with Crippen LogP contribution in [0.3, 0.4) is 0 Å². The molecule has 1 aromatic heterocycles. The molecule has 0 radical (unpaired) electrons. The fraction of sp³-hybridized carbons (Fsp3) is 0.641. The van der Waals surface area contributed by atoms with E-state index in [9.17, 15) is 73.5 Å². The van der Waals surface area contributed by atoms with Crippen LogP contribution < -0.4 is 54.4 Å². The Hall–Kier alpha value is -6.63. The van der Waals surface area contributed by atoms with Gasteiger partial charge in [0, 0.05) is 31.4 Å². The average Bonchev–Trinajstić information content (AvgIpc) is 4.01. The van der Waals surface area contributed by atoms with E-state index in [1.165, 1.54) is 38.1 Å². The molecule has 0 bridgehead atoms. The number of carboxylic acids is 2. The third kappa shape index (κ3) is 19.5. The van der Waals surface area contributed by atoms with Crippen LogP contribution in [0.5, 0.6) is 0 Å². The van der Waals surface area contributed by atoms with Crippen LogP contribution in [0.1, 0.15) is 58.1 Å². The standard InChI is InChI=1S/C39H64N14O15S/c1-18(30(59)52-29(19(2)56)37(66)53-10-5-7-27(53)36(65)48-23(38(67)68)8-11-69-3)46-35(64)26(16-55)51-33(62)24(12-20-14-43-17-45-20)49-34(63)25(13-28(57)58)50-32(61)22(6-4-9-44-39(41)42)47-31(60)21(40)15-54/h14,17-19,21-27,29,54-56H,4-13,15-16,40H2,1-3H3,(H,43,45)(H,46,64)(H,47,60)(H,48,65)(H,49,63)(H,50,61)(H,51,62)(H,52,59)(H,57,58)(H,67,68)(H4,41,42,44)/t18-,19+,21-,22-,23-,24-,25-,26-,27-,29-/m0/s1. The summed E-state index contributed by atoms with van der Waals surface area (Å²) in [5.41, 5.74) is 16.5. The number of aromatic amines is 1. The number of aliphatic hydroxyl groups is 3. The predicted molar refractivity (Wildman–Crippen MR) is 243 cm³/mol. The first kappa shape index (κ1) is 58.5. The maximum atomic E-state index is 13.7. The highest BCUT2D eigenvalue weighted by Crippen LogP contribution is 2.20. The minimum atomic E-state index is -1.89. The number of imidazole rings is 1. The molecule has 386 valence electrons. The minimum Gasteiger partial charge on any atom is -0.481 e. The second-order valence-electron chi connectivity index (χ2n) is 15.9. The molecule has 2 rings (SSSR count). The fourth-order valence-electron chi connectivity index (χ4n) is 6.64. The molecule has 1 aromatic rings. The first-order chi connectivity index (χ1) is 32.5. The number of hydrogen-bond donors (Lipinski definition) is 16. The summed E-state index contributed by atoms with van der Waals surface area (Å²) in [6, 6.07) is -13.7. The van der Waals surface area contributed by atoms with Crippen molar-refractivity contribution in [3.63, 3.8) is 0 Å². The van der Waals surface area contributed by atoms with Crippen molar-refractivity contribution in [2.75, 3.05) is 38.3 Å². The molecule has 30 heteroatoms. The van der Waals surface area contributed by atoms with Gasteiger partial charge in [-0.25, -0.2) is 9.78 Å². The number of nitrogens with two attached hydrogens (primary N) is 3. The number of aromatic nitrogens is 2.